The minimum Gasteiger partial charge on any atom is -0.340 e. The topological polar surface area (TPSA) is 69.6 Å². The van der Waals surface area contributed by atoms with Crippen LogP contribution in [0.5, 0.6) is 0 Å². The van der Waals surface area contributed by atoms with Gasteiger partial charge in [-0.2, -0.15) is 4.98 Å². The van der Waals surface area contributed by atoms with E-state index < -0.39 is 0 Å². The van der Waals surface area contributed by atoms with Crippen molar-refractivity contribution < 1.29 is 4.52 Å². The van der Waals surface area contributed by atoms with Gasteiger partial charge in [-0.05, 0) is 19.1 Å². The number of aryl methyl sites for hydroxylation is 4. The summed E-state index contributed by atoms with van der Waals surface area (Å²) in [5, 5.41) is 3.90. The van der Waals surface area contributed by atoms with Gasteiger partial charge in [0.05, 0.1) is 5.88 Å². The Morgan fingerprint density at radius 1 is 1.20 bits per heavy atom. The van der Waals surface area contributed by atoms with Gasteiger partial charge in [0, 0.05) is 25.6 Å². The van der Waals surface area contributed by atoms with Gasteiger partial charge in [-0.1, -0.05) is 5.16 Å². The number of hydrogen-bond donors (Lipinski definition) is 0. The third-order valence-electron chi connectivity index (χ3n) is 3.06. The molecular weight excluding hydrogens is 278 g/mol. The van der Waals surface area contributed by atoms with Gasteiger partial charge in [-0.25, -0.2) is 9.97 Å². The molecule has 0 atom stereocenters. The number of aromatic nitrogens is 5. The Labute approximate surface area is 120 Å². The van der Waals surface area contributed by atoms with Crippen LogP contribution in [0.2, 0.25) is 0 Å². The Kier molecular flexibility index (Phi) is 3.40. The second-order valence-corrected chi connectivity index (χ2v) is 4.86. The second-order valence-electron chi connectivity index (χ2n) is 4.59. The summed E-state index contributed by atoms with van der Waals surface area (Å²) in [6.07, 6.45) is 0.655. The number of nitrogens with zero attached hydrogens (tertiary/aromatic N) is 5. The lowest BCUT2D eigenvalue weighted by atomic mass is 10.3. The van der Waals surface area contributed by atoms with E-state index in [9.17, 15) is 0 Å². The average Bonchev–Trinajstić information content (AvgIpc) is 2.99. The molecule has 0 spiro atoms. The second kappa shape index (κ2) is 5.20. The van der Waals surface area contributed by atoms with E-state index in [1.54, 1.807) is 6.92 Å². The van der Waals surface area contributed by atoms with E-state index in [2.05, 4.69) is 20.1 Å². The zero-order valence-corrected chi connectivity index (χ0v) is 12.1. The summed E-state index contributed by atoms with van der Waals surface area (Å²) in [5.74, 6) is 2.40. The largest absolute Gasteiger partial charge is 0.340 e. The first-order valence-corrected chi connectivity index (χ1v) is 6.88. The van der Waals surface area contributed by atoms with E-state index in [0.717, 1.165) is 22.7 Å². The highest BCUT2D eigenvalue weighted by atomic mass is 35.5. The lowest BCUT2D eigenvalue weighted by molar-refractivity contribution is 0.386. The van der Waals surface area contributed by atoms with Crippen molar-refractivity contribution in [1.82, 2.24) is 24.7 Å². The summed E-state index contributed by atoms with van der Waals surface area (Å²) < 4.78 is 6.98. The van der Waals surface area contributed by atoms with Crippen molar-refractivity contribution in [2.75, 3.05) is 0 Å². The molecule has 6 nitrogen and oxygen atoms in total. The summed E-state index contributed by atoms with van der Waals surface area (Å²) >= 11 is 5.97. The summed E-state index contributed by atoms with van der Waals surface area (Å²) in [6.45, 7) is 4.41. The van der Waals surface area contributed by atoms with Gasteiger partial charge in [-0.3, -0.25) is 0 Å². The number of imidazole rings is 1. The van der Waals surface area contributed by atoms with Crippen LogP contribution in [0.15, 0.2) is 16.7 Å². The molecule has 104 valence electrons. The Bertz CT molecular complexity index is 748. The van der Waals surface area contributed by atoms with Crippen LogP contribution in [0.25, 0.3) is 11.2 Å². The molecule has 3 rings (SSSR count). The number of pyridine rings is 1. The van der Waals surface area contributed by atoms with E-state index in [0.29, 0.717) is 30.6 Å². The fourth-order valence-electron chi connectivity index (χ4n) is 2.13. The van der Waals surface area contributed by atoms with Crippen molar-refractivity contribution in [3.05, 3.63) is 35.4 Å². The average molecular weight is 292 g/mol. The number of hydrogen-bond acceptors (Lipinski definition) is 5. The monoisotopic (exact) mass is 291 g/mol. The number of alkyl halides is 1. The Hall–Kier alpha value is -1.95. The molecule has 0 aliphatic rings. The van der Waals surface area contributed by atoms with Gasteiger partial charge in [0.1, 0.15) is 11.3 Å². The summed E-state index contributed by atoms with van der Waals surface area (Å²) in [6, 6.07) is 3.91. The van der Waals surface area contributed by atoms with E-state index in [4.69, 9.17) is 16.1 Å². The van der Waals surface area contributed by atoms with Crippen LogP contribution < -0.4 is 0 Å². The SMILES string of the molecule is Cc1ccc2nc(CCl)n(CCc3noc(C)n3)c2n1. The molecule has 3 aromatic heterocycles. The maximum absolute atomic E-state index is 5.97. The van der Waals surface area contributed by atoms with Gasteiger partial charge in [-0.15, -0.1) is 11.6 Å². The minimum absolute atomic E-state index is 0.348. The number of rotatable bonds is 4. The maximum Gasteiger partial charge on any atom is 0.223 e. The molecule has 3 aromatic rings. The molecule has 0 aliphatic carbocycles. The highest BCUT2D eigenvalue weighted by Crippen LogP contribution is 2.17. The molecule has 0 aliphatic heterocycles. The summed E-state index contributed by atoms with van der Waals surface area (Å²) in [5.41, 5.74) is 2.66. The van der Waals surface area contributed by atoms with Crippen LogP contribution in [0, 0.1) is 13.8 Å². The van der Waals surface area contributed by atoms with E-state index >= 15 is 0 Å². The quantitative estimate of drug-likeness (QED) is 0.690. The number of halogens is 1. The fraction of sp³-hybridized carbons (Fsp3) is 0.385. The van der Waals surface area contributed by atoms with Gasteiger partial charge < -0.3 is 9.09 Å². The third kappa shape index (κ3) is 2.38. The van der Waals surface area contributed by atoms with Crippen molar-refractivity contribution >= 4 is 22.8 Å². The molecule has 0 aromatic carbocycles. The Balaban J connectivity index is 1.94. The zero-order chi connectivity index (χ0) is 14.1. The number of fused-ring (bicyclic) bond motifs is 1. The van der Waals surface area contributed by atoms with Crippen molar-refractivity contribution in [1.29, 1.82) is 0 Å². The van der Waals surface area contributed by atoms with E-state index in [-0.39, 0.29) is 0 Å². The summed E-state index contributed by atoms with van der Waals surface area (Å²) in [7, 11) is 0. The first-order chi connectivity index (χ1) is 9.67. The molecule has 0 N–H and O–H groups in total. The van der Waals surface area contributed by atoms with E-state index in [1.165, 1.54) is 0 Å². The van der Waals surface area contributed by atoms with Crippen LogP contribution in [0.3, 0.4) is 0 Å². The van der Waals surface area contributed by atoms with Crippen LogP contribution in [0.1, 0.15) is 23.2 Å². The predicted octanol–water partition coefficient (Wildman–Crippen LogP) is 2.41. The van der Waals surface area contributed by atoms with Crippen LogP contribution >= 0.6 is 11.6 Å². The van der Waals surface area contributed by atoms with Crippen molar-refractivity contribution in [3.8, 4) is 0 Å². The van der Waals surface area contributed by atoms with E-state index in [1.807, 2.05) is 23.6 Å². The first kappa shape index (κ1) is 13.1. The fourth-order valence-corrected chi connectivity index (χ4v) is 2.34. The lowest BCUT2D eigenvalue weighted by Crippen LogP contribution is -2.07. The zero-order valence-electron chi connectivity index (χ0n) is 11.3. The molecule has 7 heteroatoms. The Morgan fingerprint density at radius 3 is 2.75 bits per heavy atom. The predicted molar refractivity (Wildman–Crippen MR) is 74.6 cm³/mol. The molecule has 0 amide bonds. The molecule has 3 heterocycles. The van der Waals surface area contributed by atoms with Gasteiger partial charge >= 0.3 is 0 Å². The van der Waals surface area contributed by atoms with Gasteiger partial charge in [0.15, 0.2) is 11.5 Å². The molecule has 0 radical (unpaired) electrons. The Morgan fingerprint density at radius 2 is 2.05 bits per heavy atom. The highest BCUT2D eigenvalue weighted by Gasteiger charge is 2.12. The van der Waals surface area contributed by atoms with Crippen molar-refractivity contribution in [3.63, 3.8) is 0 Å². The molecule has 0 saturated heterocycles. The van der Waals surface area contributed by atoms with Crippen molar-refractivity contribution in [2.45, 2.75) is 32.7 Å². The lowest BCUT2D eigenvalue weighted by Gasteiger charge is -2.05. The molecule has 0 fully saturated rings. The highest BCUT2D eigenvalue weighted by molar-refractivity contribution is 6.16. The standard InChI is InChI=1S/C13H14ClN5O/c1-8-3-4-10-13(15-8)19(12(7-14)17-10)6-5-11-16-9(2)20-18-11/h3-4H,5-7H2,1-2H3. The summed E-state index contributed by atoms with van der Waals surface area (Å²) in [4.78, 5) is 13.2. The molecule has 0 saturated carbocycles. The molecule has 0 unspecified atom stereocenters. The molecule has 20 heavy (non-hydrogen) atoms. The molecular formula is C13H14ClN5O. The normalized spacial score (nSPS) is 11.3. The van der Waals surface area contributed by atoms with Gasteiger partial charge in [0.25, 0.3) is 0 Å². The van der Waals surface area contributed by atoms with Crippen molar-refractivity contribution in [2.24, 2.45) is 0 Å². The maximum atomic E-state index is 5.97. The van der Waals surface area contributed by atoms with Crippen LogP contribution in [0.4, 0.5) is 0 Å². The van der Waals surface area contributed by atoms with Crippen LogP contribution in [-0.4, -0.2) is 24.7 Å². The third-order valence-corrected chi connectivity index (χ3v) is 3.30. The van der Waals surface area contributed by atoms with Gasteiger partial charge in [0.2, 0.25) is 5.89 Å². The van der Waals surface area contributed by atoms with Crippen LogP contribution in [-0.2, 0) is 18.8 Å². The first-order valence-electron chi connectivity index (χ1n) is 6.35. The minimum atomic E-state index is 0.348. The molecule has 0 bridgehead atoms. The smallest absolute Gasteiger partial charge is 0.223 e.